The summed E-state index contributed by atoms with van der Waals surface area (Å²) in [4.78, 5) is 24.2. The van der Waals surface area contributed by atoms with E-state index in [9.17, 15) is 14.9 Å². The maximum absolute atomic E-state index is 12.4. The Morgan fingerprint density at radius 2 is 2.30 bits per heavy atom. The maximum atomic E-state index is 12.4. The van der Waals surface area contributed by atoms with E-state index in [4.69, 9.17) is 22.1 Å². The molecule has 1 aromatic carbocycles. The number of ether oxygens (including phenoxy) is 1. The summed E-state index contributed by atoms with van der Waals surface area (Å²) in [5.41, 5.74) is 5.62. The van der Waals surface area contributed by atoms with Gasteiger partial charge in [0.15, 0.2) is 0 Å². The first-order valence-electron chi connectivity index (χ1n) is 6.04. The highest BCUT2D eigenvalue weighted by Gasteiger charge is 2.26. The van der Waals surface area contributed by atoms with Crippen LogP contribution in [0.1, 0.15) is 17.3 Å². The monoisotopic (exact) mass is 299 g/mol. The summed E-state index contributed by atoms with van der Waals surface area (Å²) in [6.45, 7) is 3.11. The first-order valence-corrected chi connectivity index (χ1v) is 6.42. The first kappa shape index (κ1) is 14.5. The molecule has 1 fully saturated rings. The molecule has 0 spiro atoms. The zero-order chi connectivity index (χ0) is 14.9. The van der Waals surface area contributed by atoms with Gasteiger partial charge in [0.1, 0.15) is 0 Å². The van der Waals surface area contributed by atoms with E-state index in [0.717, 1.165) is 12.1 Å². The molecule has 1 aliphatic heterocycles. The number of amides is 1. The van der Waals surface area contributed by atoms with E-state index in [-0.39, 0.29) is 34.0 Å². The van der Waals surface area contributed by atoms with Crippen LogP contribution in [0.2, 0.25) is 5.02 Å². The molecular formula is C12H14ClN3O4. The smallest absolute Gasteiger partial charge is 0.271 e. The van der Waals surface area contributed by atoms with E-state index in [1.807, 2.05) is 6.92 Å². The number of carbonyl (C=O) groups is 1. The predicted molar refractivity (Wildman–Crippen MR) is 73.8 cm³/mol. The molecule has 0 aromatic heterocycles. The fraction of sp³-hybridized carbons (Fsp3) is 0.417. The van der Waals surface area contributed by atoms with E-state index < -0.39 is 4.92 Å². The first-order chi connectivity index (χ1) is 9.40. The van der Waals surface area contributed by atoms with Crippen LogP contribution in [0, 0.1) is 10.1 Å². The largest absolute Gasteiger partial charge is 0.397 e. The summed E-state index contributed by atoms with van der Waals surface area (Å²) in [5.74, 6) is -0.372. The quantitative estimate of drug-likeness (QED) is 0.509. The van der Waals surface area contributed by atoms with Crippen LogP contribution in [0.3, 0.4) is 0 Å². The summed E-state index contributed by atoms with van der Waals surface area (Å²) in [6.07, 6.45) is -0.0805. The average molecular weight is 300 g/mol. The SMILES string of the molecule is CC1CN(C(=O)c2cc([N+](=O)[O-])cc(Cl)c2N)CCO1. The van der Waals surface area contributed by atoms with Crippen molar-refractivity contribution >= 4 is 28.9 Å². The van der Waals surface area contributed by atoms with Gasteiger partial charge in [-0.15, -0.1) is 0 Å². The molecule has 1 amide bonds. The molecule has 2 rings (SSSR count). The minimum absolute atomic E-state index is 0.00357. The summed E-state index contributed by atoms with van der Waals surface area (Å²) >= 11 is 5.85. The van der Waals surface area contributed by atoms with Gasteiger partial charge in [0, 0.05) is 25.2 Å². The van der Waals surface area contributed by atoms with Crippen molar-refractivity contribution in [1.82, 2.24) is 4.90 Å². The van der Waals surface area contributed by atoms with Gasteiger partial charge in [-0.25, -0.2) is 0 Å². The molecule has 0 saturated carbocycles. The Balaban J connectivity index is 2.35. The van der Waals surface area contributed by atoms with Gasteiger partial charge in [0.25, 0.3) is 11.6 Å². The van der Waals surface area contributed by atoms with E-state index in [0.29, 0.717) is 19.7 Å². The van der Waals surface area contributed by atoms with Crippen LogP contribution in [0.15, 0.2) is 12.1 Å². The van der Waals surface area contributed by atoms with Crippen molar-refractivity contribution < 1.29 is 14.5 Å². The number of nitrogens with zero attached hydrogens (tertiary/aromatic N) is 2. The highest BCUT2D eigenvalue weighted by atomic mass is 35.5. The molecular weight excluding hydrogens is 286 g/mol. The molecule has 0 radical (unpaired) electrons. The molecule has 2 N–H and O–H groups in total. The third kappa shape index (κ3) is 2.83. The second-order valence-electron chi connectivity index (χ2n) is 4.58. The molecule has 1 aromatic rings. The van der Waals surface area contributed by atoms with E-state index in [2.05, 4.69) is 0 Å². The lowest BCUT2D eigenvalue weighted by Gasteiger charge is -2.31. The van der Waals surface area contributed by atoms with Crippen LogP contribution in [0.5, 0.6) is 0 Å². The second kappa shape index (κ2) is 5.64. The van der Waals surface area contributed by atoms with Gasteiger partial charge in [0.2, 0.25) is 0 Å². The third-order valence-electron chi connectivity index (χ3n) is 3.08. The molecule has 7 nitrogen and oxygen atoms in total. The molecule has 108 valence electrons. The van der Waals surface area contributed by atoms with Gasteiger partial charge in [-0.1, -0.05) is 11.6 Å². The van der Waals surface area contributed by atoms with E-state index >= 15 is 0 Å². The van der Waals surface area contributed by atoms with Crippen LogP contribution in [0.25, 0.3) is 0 Å². The fourth-order valence-corrected chi connectivity index (χ4v) is 2.27. The van der Waals surface area contributed by atoms with Crippen molar-refractivity contribution in [3.05, 3.63) is 32.8 Å². The van der Waals surface area contributed by atoms with Gasteiger partial charge in [-0.2, -0.15) is 0 Å². The van der Waals surface area contributed by atoms with Crippen LogP contribution >= 0.6 is 11.6 Å². The lowest BCUT2D eigenvalue weighted by Crippen LogP contribution is -2.44. The highest BCUT2D eigenvalue weighted by molar-refractivity contribution is 6.34. The van der Waals surface area contributed by atoms with Gasteiger partial charge in [-0.3, -0.25) is 14.9 Å². The third-order valence-corrected chi connectivity index (χ3v) is 3.40. The molecule has 20 heavy (non-hydrogen) atoms. The van der Waals surface area contributed by atoms with Crippen molar-refractivity contribution in [2.24, 2.45) is 0 Å². The second-order valence-corrected chi connectivity index (χ2v) is 4.99. The van der Waals surface area contributed by atoms with E-state index in [1.165, 1.54) is 0 Å². The summed E-state index contributed by atoms with van der Waals surface area (Å²) in [7, 11) is 0. The Hall–Kier alpha value is -1.86. The number of halogens is 1. The molecule has 0 aliphatic carbocycles. The zero-order valence-electron chi connectivity index (χ0n) is 10.8. The van der Waals surface area contributed by atoms with Crippen molar-refractivity contribution in [3.63, 3.8) is 0 Å². The molecule has 1 aliphatic rings. The lowest BCUT2D eigenvalue weighted by molar-refractivity contribution is -0.384. The Morgan fingerprint density at radius 1 is 1.60 bits per heavy atom. The number of nitrogen functional groups attached to an aromatic ring is 1. The van der Waals surface area contributed by atoms with Crippen LogP contribution < -0.4 is 5.73 Å². The standard InChI is InChI=1S/C12H14ClN3O4/c1-7-6-15(2-3-20-7)12(17)9-4-8(16(18)19)5-10(13)11(9)14/h4-5,7H,2-3,6,14H2,1H3. The molecule has 8 heteroatoms. The average Bonchev–Trinajstić information content (AvgIpc) is 2.40. The zero-order valence-corrected chi connectivity index (χ0v) is 11.6. The normalized spacial score (nSPS) is 18.9. The minimum atomic E-state index is -0.607. The fourth-order valence-electron chi connectivity index (χ4n) is 2.06. The number of rotatable bonds is 2. The summed E-state index contributed by atoms with van der Waals surface area (Å²) in [6, 6.07) is 2.29. The molecule has 1 unspecified atom stereocenters. The number of benzene rings is 1. The van der Waals surface area contributed by atoms with E-state index in [1.54, 1.807) is 4.90 Å². The number of non-ortho nitro benzene ring substituents is 1. The molecule has 1 saturated heterocycles. The Bertz CT molecular complexity index is 564. The number of nitrogens with two attached hydrogens (primary N) is 1. The minimum Gasteiger partial charge on any atom is -0.397 e. The van der Waals surface area contributed by atoms with Crippen molar-refractivity contribution in [2.45, 2.75) is 13.0 Å². The highest BCUT2D eigenvalue weighted by Crippen LogP contribution is 2.30. The molecule has 1 heterocycles. The summed E-state index contributed by atoms with van der Waals surface area (Å²) in [5, 5.41) is 10.8. The Labute approximate surface area is 120 Å². The number of hydrogen-bond acceptors (Lipinski definition) is 5. The Kier molecular flexibility index (Phi) is 4.10. The van der Waals surface area contributed by atoms with Gasteiger partial charge < -0.3 is 15.4 Å². The number of morpholine rings is 1. The van der Waals surface area contributed by atoms with Gasteiger partial charge >= 0.3 is 0 Å². The number of carbonyl (C=O) groups excluding carboxylic acids is 1. The van der Waals surface area contributed by atoms with Crippen molar-refractivity contribution in [3.8, 4) is 0 Å². The number of hydrogen-bond donors (Lipinski definition) is 1. The van der Waals surface area contributed by atoms with Crippen molar-refractivity contribution in [1.29, 1.82) is 0 Å². The number of nitro groups is 1. The van der Waals surface area contributed by atoms with Crippen LogP contribution in [-0.4, -0.2) is 41.5 Å². The maximum Gasteiger partial charge on any atom is 0.271 e. The van der Waals surface area contributed by atoms with Crippen LogP contribution in [-0.2, 0) is 4.74 Å². The lowest BCUT2D eigenvalue weighted by atomic mass is 10.1. The molecule has 1 atom stereocenters. The topological polar surface area (TPSA) is 98.7 Å². The van der Waals surface area contributed by atoms with Crippen LogP contribution in [0.4, 0.5) is 11.4 Å². The molecule has 0 bridgehead atoms. The van der Waals surface area contributed by atoms with Gasteiger partial charge in [-0.05, 0) is 6.92 Å². The number of nitro benzene ring substituents is 1. The van der Waals surface area contributed by atoms with Gasteiger partial charge in [0.05, 0.1) is 33.9 Å². The Morgan fingerprint density at radius 3 is 2.90 bits per heavy atom. The van der Waals surface area contributed by atoms with Crippen molar-refractivity contribution in [2.75, 3.05) is 25.4 Å². The summed E-state index contributed by atoms with van der Waals surface area (Å²) < 4.78 is 5.35. The number of anilines is 1. The predicted octanol–water partition coefficient (Wildman–Crippen LogP) is 1.69.